The minimum atomic E-state index is -0.724. The summed E-state index contributed by atoms with van der Waals surface area (Å²) in [6, 6.07) is 4.56. The minimum Gasteiger partial charge on any atom is -0.307 e. The second-order valence-corrected chi connectivity index (χ2v) is 5.41. The Hall–Kier alpha value is -3.01. The van der Waals surface area contributed by atoms with Gasteiger partial charge >= 0.3 is 6.03 Å². The highest BCUT2D eigenvalue weighted by Crippen LogP contribution is 2.40. The van der Waals surface area contributed by atoms with Gasteiger partial charge in [-0.05, 0) is 32.0 Å². The molecule has 0 fully saturated rings. The fourth-order valence-electron chi connectivity index (χ4n) is 2.60. The maximum atomic E-state index is 14.5. The number of nitrogens with one attached hydrogen (secondary N) is 1. The van der Waals surface area contributed by atoms with Gasteiger partial charge in [0.15, 0.2) is 0 Å². The molecule has 0 bridgehead atoms. The summed E-state index contributed by atoms with van der Waals surface area (Å²) in [5, 5.41) is 11.5. The van der Waals surface area contributed by atoms with Gasteiger partial charge in [0.25, 0.3) is 0 Å². The number of halogens is 2. The third-order valence-corrected chi connectivity index (χ3v) is 3.53. The van der Waals surface area contributed by atoms with E-state index in [-0.39, 0.29) is 34.2 Å². The molecule has 116 valence electrons. The largest absolute Gasteiger partial charge is 0.327 e. The van der Waals surface area contributed by atoms with Gasteiger partial charge < -0.3 is 5.32 Å². The van der Waals surface area contributed by atoms with Crippen molar-refractivity contribution >= 4 is 17.5 Å². The lowest BCUT2D eigenvalue weighted by Crippen LogP contribution is -2.40. The molecule has 0 aliphatic carbocycles. The number of nitrogens with zero attached hydrogens (tertiary/aromatic N) is 3. The number of pyridine rings is 1. The maximum absolute atomic E-state index is 14.5. The van der Waals surface area contributed by atoms with Gasteiger partial charge in [-0.3, -0.25) is 4.90 Å². The quantitative estimate of drug-likeness (QED) is 0.873. The van der Waals surface area contributed by atoms with Gasteiger partial charge in [0.2, 0.25) is 0 Å². The van der Waals surface area contributed by atoms with Gasteiger partial charge in [0.1, 0.15) is 17.5 Å². The van der Waals surface area contributed by atoms with Crippen molar-refractivity contribution in [1.29, 1.82) is 5.26 Å². The van der Waals surface area contributed by atoms with E-state index >= 15 is 0 Å². The molecular weight excluding hydrogens is 302 g/mol. The summed E-state index contributed by atoms with van der Waals surface area (Å²) in [6.45, 7) is 3.53. The first-order valence-corrected chi connectivity index (χ1v) is 6.92. The maximum Gasteiger partial charge on any atom is 0.327 e. The molecular formula is C16H12F2N4O. The summed E-state index contributed by atoms with van der Waals surface area (Å²) in [5.41, 5.74) is 0.352. The van der Waals surface area contributed by atoms with Crippen LogP contribution in [0.15, 0.2) is 24.4 Å². The Morgan fingerprint density at radius 1 is 1.30 bits per heavy atom. The number of benzene rings is 1. The fourth-order valence-corrected chi connectivity index (χ4v) is 2.60. The SMILES string of the molecule is CC(C)N1C(=O)Nc2cc(C#N)cc(F)c2-c2cc(F)cnc21. The number of carbonyl (C=O) groups excluding carboxylic acids is 1. The molecule has 0 radical (unpaired) electrons. The monoisotopic (exact) mass is 314 g/mol. The average molecular weight is 314 g/mol. The normalized spacial score (nSPS) is 13.0. The van der Waals surface area contributed by atoms with Crippen molar-refractivity contribution in [2.45, 2.75) is 19.9 Å². The van der Waals surface area contributed by atoms with E-state index in [1.165, 1.54) is 11.0 Å². The topological polar surface area (TPSA) is 69.0 Å². The van der Waals surface area contributed by atoms with Crippen molar-refractivity contribution in [1.82, 2.24) is 4.98 Å². The first kappa shape index (κ1) is 14.9. The zero-order valence-corrected chi connectivity index (χ0v) is 12.4. The number of aromatic nitrogens is 1. The van der Waals surface area contributed by atoms with Crippen LogP contribution >= 0.6 is 0 Å². The van der Waals surface area contributed by atoms with Crippen LogP contribution in [0.3, 0.4) is 0 Å². The number of nitriles is 1. The Bertz CT molecular complexity index is 858. The molecule has 1 aromatic heterocycles. The number of anilines is 2. The van der Waals surface area contributed by atoms with E-state index in [1.807, 2.05) is 6.07 Å². The fraction of sp³-hybridized carbons (Fsp3) is 0.188. The predicted octanol–water partition coefficient (Wildman–Crippen LogP) is 3.66. The molecule has 2 aromatic rings. The number of amides is 2. The summed E-state index contributed by atoms with van der Waals surface area (Å²) in [4.78, 5) is 17.7. The van der Waals surface area contributed by atoms with E-state index in [0.29, 0.717) is 0 Å². The predicted molar refractivity (Wildman–Crippen MR) is 80.9 cm³/mol. The molecule has 1 aliphatic heterocycles. The lowest BCUT2D eigenvalue weighted by atomic mass is 10.0. The van der Waals surface area contributed by atoms with Gasteiger partial charge in [0.05, 0.1) is 23.5 Å². The Kier molecular flexibility index (Phi) is 3.45. The lowest BCUT2D eigenvalue weighted by molar-refractivity contribution is 0.255. The summed E-state index contributed by atoms with van der Waals surface area (Å²) >= 11 is 0. The van der Waals surface area contributed by atoms with Crippen molar-refractivity contribution < 1.29 is 13.6 Å². The molecule has 1 N–H and O–H groups in total. The molecule has 5 nitrogen and oxygen atoms in total. The molecule has 2 amide bonds. The Balaban J connectivity index is 2.37. The number of rotatable bonds is 1. The number of hydrogen-bond acceptors (Lipinski definition) is 3. The molecule has 1 aliphatic rings. The number of hydrogen-bond donors (Lipinski definition) is 1. The van der Waals surface area contributed by atoms with Gasteiger partial charge in [-0.25, -0.2) is 18.6 Å². The van der Waals surface area contributed by atoms with Crippen LogP contribution in [0.25, 0.3) is 11.1 Å². The molecule has 1 aromatic carbocycles. The van der Waals surface area contributed by atoms with Crippen molar-refractivity contribution in [2.24, 2.45) is 0 Å². The van der Waals surface area contributed by atoms with Crippen molar-refractivity contribution in [3.63, 3.8) is 0 Å². The Labute approximate surface area is 131 Å². The number of carbonyl (C=O) groups is 1. The minimum absolute atomic E-state index is 0.0162. The van der Waals surface area contributed by atoms with Crippen LogP contribution in [-0.2, 0) is 0 Å². The molecule has 0 saturated heterocycles. The van der Waals surface area contributed by atoms with Crippen LogP contribution < -0.4 is 10.2 Å². The third-order valence-electron chi connectivity index (χ3n) is 3.53. The van der Waals surface area contributed by atoms with E-state index in [2.05, 4.69) is 10.3 Å². The molecule has 0 spiro atoms. The van der Waals surface area contributed by atoms with Gasteiger partial charge in [-0.1, -0.05) is 0 Å². The highest BCUT2D eigenvalue weighted by molar-refractivity contribution is 6.09. The van der Waals surface area contributed by atoms with Crippen LogP contribution in [0.5, 0.6) is 0 Å². The Morgan fingerprint density at radius 2 is 2.04 bits per heavy atom. The van der Waals surface area contributed by atoms with Crippen LogP contribution in [0.2, 0.25) is 0 Å². The molecule has 3 rings (SSSR count). The summed E-state index contributed by atoms with van der Waals surface area (Å²) in [7, 11) is 0. The average Bonchev–Trinajstić information content (AvgIpc) is 2.60. The standard InChI is InChI=1S/C16H12F2N4O/c1-8(2)22-15-11(5-10(17)7-20-15)14-12(18)3-9(6-19)4-13(14)21-16(22)23/h3-5,7-8H,1-2H3,(H,21,23). The molecule has 0 unspecified atom stereocenters. The zero-order chi connectivity index (χ0) is 16.7. The van der Waals surface area contributed by atoms with Crippen LogP contribution in [-0.4, -0.2) is 17.1 Å². The molecule has 0 saturated carbocycles. The van der Waals surface area contributed by atoms with Crippen molar-refractivity contribution in [3.8, 4) is 17.2 Å². The van der Waals surface area contributed by atoms with Gasteiger partial charge in [-0.2, -0.15) is 5.26 Å². The van der Waals surface area contributed by atoms with Gasteiger partial charge in [0, 0.05) is 17.2 Å². The summed E-state index contributed by atoms with van der Waals surface area (Å²) < 4.78 is 28.2. The molecule has 23 heavy (non-hydrogen) atoms. The number of urea groups is 1. The van der Waals surface area contributed by atoms with Crippen LogP contribution in [0.4, 0.5) is 25.1 Å². The highest BCUT2D eigenvalue weighted by atomic mass is 19.1. The van der Waals surface area contributed by atoms with E-state index in [4.69, 9.17) is 5.26 Å². The van der Waals surface area contributed by atoms with E-state index in [0.717, 1.165) is 18.3 Å². The summed E-state index contributed by atoms with van der Waals surface area (Å²) in [6.07, 6.45) is 0.980. The lowest BCUT2D eigenvalue weighted by Gasteiger charge is -2.25. The second kappa shape index (κ2) is 5.32. The van der Waals surface area contributed by atoms with E-state index in [1.54, 1.807) is 13.8 Å². The number of fused-ring (bicyclic) bond motifs is 3. The van der Waals surface area contributed by atoms with Crippen molar-refractivity contribution in [2.75, 3.05) is 10.2 Å². The summed E-state index contributed by atoms with van der Waals surface area (Å²) in [5.74, 6) is -1.20. The van der Waals surface area contributed by atoms with Crippen LogP contribution in [0.1, 0.15) is 19.4 Å². The van der Waals surface area contributed by atoms with E-state index in [9.17, 15) is 13.6 Å². The van der Waals surface area contributed by atoms with Crippen LogP contribution in [0, 0.1) is 23.0 Å². The smallest absolute Gasteiger partial charge is 0.307 e. The van der Waals surface area contributed by atoms with Crippen molar-refractivity contribution in [3.05, 3.63) is 41.6 Å². The molecule has 7 heteroatoms. The van der Waals surface area contributed by atoms with E-state index < -0.39 is 17.7 Å². The molecule has 0 atom stereocenters. The zero-order valence-electron chi connectivity index (χ0n) is 12.4. The van der Waals surface area contributed by atoms with Gasteiger partial charge in [-0.15, -0.1) is 0 Å². The first-order valence-electron chi connectivity index (χ1n) is 6.92. The first-order chi connectivity index (χ1) is 10.9. The molecule has 2 heterocycles. The third kappa shape index (κ3) is 2.38. The Morgan fingerprint density at radius 3 is 2.70 bits per heavy atom. The second-order valence-electron chi connectivity index (χ2n) is 5.41. The highest BCUT2D eigenvalue weighted by Gasteiger charge is 2.31.